The normalized spacial score (nSPS) is 24.5. The summed E-state index contributed by atoms with van der Waals surface area (Å²) in [6.45, 7) is 3.53. The zero-order chi connectivity index (χ0) is 10.1. The first-order valence-electron chi connectivity index (χ1n) is 4.79. The zero-order valence-electron chi connectivity index (χ0n) is 8.30. The van der Waals surface area contributed by atoms with Crippen molar-refractivity contribution < 1.29 is 9.59 Å². The Balaban J connectivity index is 2.79. The molecule has 0 aromatic carbocycles. The molecule has 1 aliphatic carbocycles. The van der Waals surface area contributed by atoms with E-state index in [1.165, 1.54) is 0 Å². The number of amides is 1. The van der Waals surface area contributed by atoms with E-state index in [0.29, 0.717) is 6.42 Å². The third kappa shape index (κ3) is 1.90. The Kier molecular flexibility index (Phi) is 2.74. The van der Waals surface area contributed by atoms with E-state index >= 15 is 0 Å². The molecule has 1 saturated carbocycles. The molecule has 3 nitrogen and oxygen atoms in total. The molecule has 2 N–H and O–H groups in total. The number of nitrogens with two attached hydrogens (primary N) is 1. The van der Waals surface area contributed by atoms with Gasteiger partial charge in [-0.1, -0.05) is 20.3 Å². The Morgan fingerprint density at radius 3 is 2.54 bits per heavy atom. The van der Waals surface area contributed by atoms with Crippen molar-refractivity contribution in [3.8, 4) is 0 Å². The molecule has 0 aromatic rings. The quantitative estimate of drug-likeness (QED) is 0.700. The molecule has 0 spiro atoms. The molecule has 1 unspecified atom stereocenters. The second-order valence-electron chi connectivity index (χ2n) is 4.35. The molecular formula is C10H17NO2. The van der Waals surface area contributed by atoms with Gasteiger partial charge >= 0.3 is 0 Å². The Bertz CT molecular complexity index is 233. The number of rotatable bonds is 2. The third-order valence-electron chi connectivity index (χ3n) is 3.06. The maximum atomic E-state index is 11.5. The average Bonchev–Trinajstić information content (AvgIpc) is 2.04. The van der Waals surface area contributed by atoms with Gasteiger partial charge in [0.25, 0.3) is 0 Å². The topological polar surface area (TPSA) is 60.2 Å². The molecule has 0 aromatic heterocycles. The first-order valence-corrected chi connectivity index (χ1v) is 4.79. The van der Waals surface area contributed by atoms with Gasteiger partial charge in [0.2, 0.25) is 5.91 Å². The van der Waals surface area contributed by atoms with Crippen LogP contribution in [0.5, 0.6) is 0 Å². The summed E-state index contributed by atoms with van der Waals surface area (Å²) >= 11 is 0. The van der Waals surface area contributed by atoms with Crippen molar-refractivity contribution in [1.82, 2.24) is 0 Å². The van der Waals surface area contributed by atoms with E-state index in [1.54, 1.807) is 13.8 Å². The second-order valence-corrected chi connectivity index (χ2v) is 4.35. The van der Waals surface area contributed by atoms with E-state index in [-0.39, 0.29) is 17.6 Å². The molecule has 1 rings (SSSR count). The Hall–Kier alpha value is -0.860. The van der Waals surface area contributed by atoms with Crippen molar-refractivity contribution in [1.29, 1.82) is 0 Å². The Morgan fingerprint density at radius 1 is 1.46 bits per heavy atom. The highest BCUT2D eigenvalue weighted by Gasteiger charge is 2.40. The minimum absolute atomic E-state index is 0.154. The van der Waals surface area contributed by atoms with Gasteiger partial charge in [-0.25, -0.2) is 0 Å². The standard InChI is InChI=1S/C10H17NO2/c1-10(2,9(11)13)7-5-3-4-6-8(7)12/h7H,3-6H2,1-2H3,(H2,11,13). The number of carbonyl (C=O) groups excluding carboxylic acids is 2. The number of hydrogen-bond acceptors (Lipinski definition) is 2. The van der Waals surface area contributed by atoms with Crippen molar-refractivity contribution in [2.45, 2.75) is 39.5 Å². The van der Waals surface area contributed by atoms with Crippen LogP contribution in [0.25, 0.3) is 0 Å². The van der Waals surface area contributed by atoms with Gasteiger partial charge in [0.15, 0.2) is 0 Å². The zero-order valence-corrected chi connectivity index (χ0v) is 8.30. The summed E-state index contributed by atoms with van der Waals surface area (Å²) in [7, 11) is 0. The van der Waals surface area contributed by atoms with Crippen LogP contribution in [0.1, 0.15) is 39.5 Å². The second kappa shape index (κ2) is 3.48. The number of carbonyl (C=O) groups is 2. The highest BCUT2D eigenvalue weighted by molar-refractivity contribution is 5.90. The van der Waals surface area contributed by atoms with Crippen LogP contribution in [0.15, 0.2) is 0 Å². The highest BCUT2D eigenvalue weighted by atomic mass is 16.1. The van der Waals surface area contributed by atoms with E-state index in [0.717, 1.165) is 19.3 Å². The lowest BCUT2D eigenvalue weighted by molar-refractivity contribution is -0.138. The predicted octanol–water partition coefficient (Wildman–Crippen LogP) is 1.26. The summed E-state index contributed by atoms with van der Waals surface area (Å²) in [4.78, 5) is 22.7. The number of ketones is 1. The molecule has 0 aliphatic heterocycles. The minimum atomic E-state index is -0.669. The fourth-order valence-electron chi connectivity index (χ4n) is 1.92. The first-order chi connectivity index (χ1) is 5.96. The van der Waals surface area contributed by atoms with E-state index in [9.17, 15) is 9.59 Å². The summed E-state index contributed by atoms with van der Waals surface area (Å²) in [6, 6.07) is 0. The summed E-state index contributed by atoms with van der Waals surface area (Å²) in [5.41, 5.74) is 4.60. The largest absolute Gasteiger partial charge is 0.369 e. The van der Waals surface area contributed by atoms with Crippen LogP contribution in [0, 0.1) is 11.3 Å². The van der Waals surface area contributed by atoms with E-state index in [1.807, 2.05) is 0 Å². The van der Waals surface area contributed by atoms with Crippen molar-refractivity contribution >= 4 is 11.7 Å². The molecule has 74 valence electrons. The molecule has 0 saturated heterocycles. The molecule has 13 heavy (non-hydrogen) atoms. The molecule has 1 aliphatic rings. The summed E-state index contributed by atoms with van der Waals surface area (Å²) in [6.07, 6.45) is 3.42. The van der Waals surface area contributed by atoms with Crippen LogP contribution in [-0.2, 0) is 9.59 Å². The summed E-state index contributed by atoms with van der Waals surface area (Å²) < 4.78 is 0. The van der Waals surface area contributed by atoms with Crippen LogP contribution in [0.3, 0.4) is 0 Å². The van der Waals surface area contributed by atoms with Crippen molar-refractivity contribution in [2.75, 3.05) is 0 Å². The van der Waals surface area contributed by atoms with Crippen molar-refractivity contribution in [3.63, 3.8) is 0 Å². The van der Waals surface area contributed by atoms with Gasteiger partial charge < -0.3 is 5.73 Å². The Morgan fingerprint density at radius 2 is 2.08 bits per heavy atom. The summed E-state index contributed by atoms with van der Waals surface area (Å²) in [5, 5.41) is 0. The average molecular weight is 183 g/mol. The first kappa shape index (κ1) is 10.2. The molecule has 1 fully saturated rings. The lowest BCUT2D eigenvalue weighted by Crippen LogP contribution is -2.43. The summed E-state index contributed by atoms with van der Waals surface area (Å²) in [5.74, 6) is -0.318. The van der Waals surface area contributed by atoms with Gasteiger partial charge in [-0.3, -0.25) is 9.59 Å². The molecule has 1 atom stereocenters. The van der Waals surface area contributed by atoms with Crippen molar-refractivity contribution in [3.05, 3.63) is 0 Å². The number of primary amides is 1. The molecule has 3 heteroatoms. The fraction of sp³-hybridized carbons (Fsp3) is 0.800. The Labute approximate surface area is 78.7 Å². The van der Waals surface area contributed by atoms with Crippen LogP contribution >= 0.6 is 0 Å². The van der Waals surface area contributed by atoms with E-state index < -0.39 is 5.41 Å². The van der Waals surface area contributed by atoms with E-state index in [2.05, 4.69) is 0 Å². The monoisotopic (exact) mass is 183 g/mol. The maximum Gasteiger partial charge on any atom is 0.223 e. The van der Waals surface area contributed by atoms with Gasteiger partial charge in [-0.15, -0.1) is 0 Å². The molecule has 0 radical (unpaired) electrons. The third-order valence-corrected chi connectivity index (χ3v) is 3.06. The van der Waals surface area contributed by atoms with Gasteiger partial charge in [-0.2, -0.15) is 0 Å². The molecule has 0 heterocycles. The van der Waals surface area contributed by atoms with Crippen molar-refractivity contribution in [2.24, 2.45) is 17.1 Å². The van der Waals surface area contributed by atoms with Gasteiger partial charge in [0, 0.05) is 12.3 Å². The highest BCUT2D eigenvalue weighted by Crippen LogP contribution is 2.35. The van der Waals surface area contributed by atoms with E-state index in [4.69, 9.17) is 5.73 Å². The number of hydrogen-bond donors (Lipinski definition) is 1. The maximum absolute atomic E-state index is 11.5. The smallest absolute Gasteiger partial charge is 0.223 e. The van der Waals surface area contributed by atoms with Gasteiger partial charge in [0.05, 0.1) is 5.41 Å². The lowest BCUT2D eigenvalue weighted by atomic mass is 9.70. The van der Waals surface area contributed by atoms with Crippen LogP contribution in [-0.4, -0.2) is 11.7 Å². The minimum Gasteiger partial charge on any atom is -0.369 e. The molecule has 0 bridgehead atoms. The lowest BCUT2D eigenvalue weighted by Gasteiger charge is -2.32. The number of Topliss-reactive ketones (excluding diaryl/α,β-unsaturated/α-hetero) is 1. The molecule has 1 amide bonds. The molecular weight excluding hydrogens is 166 g/mol. The SMILES string of the molecule is CC(C)(C(N)=O)C1CCCCC1=O. The van der Waals surface area contributed by atoms with Crippen LogP contribution in [0.4, 0.5) is 0 Å². The van der Waals surface area contributed by atoms with Gasteiger partial charge in [0.1, 0.15) is 5.78 Å². The predicted molar refractivity (Wildman–Crippen MR) is 49.9 cm³/mol. The van der Waals surface area contributed by atoms with Crippen LogP contribution in [0.2, 0.25) is 0 Å². The van der Waals surface area contributed by atoms with Gasteiger partial charge in [-0.05, 0) is 12.8 Å². The van der Waals surface area contributed by atoms with Crippen LogP contribution < -0.4 is 5.73 Å². The fourth-order valence-corrected chi connectivity index (χ4v) is 1.92.